The van der Waals surface area contributed by atoms with Crippen LogP contribution in [0.1, 0.15) is 39.5 Å². The van der Waals surface area contributed by atoms with E-state index in [-0.39, 0.29) is 47.0 Å². The quantitative estimate of drug-likeness (QED) is 0.574. The fourth-order valence-electron chi connectivity index (χ4n) is 0.352. The van der Waals surface area contributed by atoms with E-state index in [2.05, 4.69) is 13.8 Å². The molecule has 0 aromatic carbocycles. The Balaban J connectivity index is -0.000000173. The zero-order chi connectivity index (χ0) is 10.0. The standard InChI is InChI=1S/C4H11O3P.C4H9.Nd/c1-2-3-4-8(5,6)7;1-3-4-2;/h2-4H2,1H3,(H2,5,6,7);1,3-4H2,2H3;/q;-1;+3/p-2. The van der Waals surface area contributed by atoms with Gasteiger partial charge < -0.3 is 21.3 Å². The topological polar surface area (TPSA) is 63.2 Å². The van der Waals surface area contributed by atoms with E-state index >= 15 is 0 Å². The largest absolute Gasteiger partial charge is 3.00 e. The molecule has 5 heteroatoms. The van der Waals surface area contributed by atoms with Crippen LogP contribution in [0.4, 0.5) is 0 Å². The van der Waals surface area contributed by atoms with Gasteiger partial charge in [0, 0.05) is 0 Å². The molecule has 77 valence electrons. The van der Waals surface area contributed by atoms with E-state index in [0.717, 1.165) is 12.8 Å². The molecular weight excluding hydrogens is 319 g/mol. The zero-order valence-corrected chi connectivity index (χ0v) is 12.5. The summed E-state index contributed by atoms with van der Waals surface area (Å²) in [7, 11) is -4.18. The third kappa shape index (κ3) is 31.7. The minimum Gasteiger partial charge on any atom is -0.811 e. The molecule has 3 nitrogen and oxygen atoms in total. The van der Waals surface area contributed by atoms with Gasteiger partial charge in [0.15, 0.2) is 0 Å². The Kier molecular flexibility index (Phi) is 20.8. The van der Waals surface area contributed by atoms with Crippen LogP contribution in [-0.2, 0) is 4.57 Å². The van der Waals surface area contributed by atoms with Crippen molar-refractivity contribution in [3.05, 3.63) is 6.92 Å². The fraction of sp³-hybridized carbons (Fsp3) is 0.875. The Hall–Kier alpha value is 1.50. The predicted molar refractivity (Wildman–Crippen MR) is 47.6 cm³/mol. The second-order valence-corrected chi connectivity index (χ2v) is 4.21. The maximum atomic E-state index is 9.86. The molecule has 0 fully saturated rings. The van der Waals surface area contributed by atoms with Gasteiger partial charge in [0.1, 0.15) is 0 Å². The van der Waals surface area contributed by atoms with Gasteiger partial charge >= 0.3 is 40.8 Å². The van der Waals surface area contributed by atoms with E-state index in [1.807, 2.05) is 6.92 Å². The van der Waals surface area contributed by atoms with Crippen molar-refractivity contribution in [1.29, 1.82) is 0 Å². The fourth-order valence-corrected chi connectivity index (χ4v) is 1.06. The van der Waals surface area contributed by atoms with Crippen LogP contribution in [0.25, 0.3) is 0 Å². The molecule has 0 aliphatic heterocycles. The molecule has 0 aliphatic rings. The summed E-state index contributed by atoms with van der Waals surface area (Å²) in [4.78, 5) is 19.7. The van der Waals surface area contributed by atoms with E-state index in [4.69, 9.17) is 0 Å². The molecule has 0 N–H and O–H groups in total. The molecule has 0 amide bonds. The smallest absolute Gasteiger partial charge is 0.811 e. The van der Waals surface area contributed by atoms with Crippen LogP contribution in [0, 0.1) is 47.8 Å². The maximum absolute atomic E-state index is 9.86. The summed E-state index contributed by atoms with van der Waals surface area (Å²) in [6.07, 6.45) is 3.34. The summed E-state index contributed by atoms with van der Waals surface area (Å²) < 4.78 is 9.86. The molecule has 0 heterocycles. The van der Waals surface area contributed by atoms with Crippen LogP contribution < -0.4 is 9.79 Å². The van der Waals surface area contributed by atoms with Gasteiger partial charge in [-0.1, -0.05) is 34.3 Å². The summed E-state index contributed by atoms with van der Waals surface area (Å²) in [6.45, 7) is 7.57. The Morgan fingerprint density at radius 3 is 1.69 bits per heavy atom. The second-order valence-electron chi connectivity index (χ2n) is 2.54. The van der Waals surface area contributed by atoms with Crippen molar-refractivity contribution in [1.82, 2.24) is 0 Å². The SMILES string of the molecule is CCCCP(=O)([O-])[O-].[CH2-]CCC.[Nd+3]. The van der Waals surface area contributed by atoms with Crippen LogP contribution in [0.3, 0.4) is 0 Å². The zero-order valence-electron chi connectivity index (χ0n) is 8.41. The Morgan fingerprint density at radius 1 is 1.23 bits per heavy atom. The first-order valence-corrected chi connectivity index (χ1v) is 6.01. The van der Waals surface area contributed by atoms with Crippen molar-refractivity contribution in [2.45, 2.75) is 39.5 Å². The molecule has 0 rings (SSSR count). The first kappa shape index (κ1) is 20.0. The number of hydrogen-bond acceptors (Lipinski definition) is 3. The van der Waals surface area contributed by atoms with Gasteiger partial charge in [0.05, 0.1) is 0 Å². The van der Waals surface area contributed by atoms with Gasteiger partial charge in [-0.15, -0.1) is 0 Å². The summed E-state index contributed by atoms with van der Waals surface area (Å²) in [5, 5.41) is 0. The molecule has 0 saturated carbocycles. The molecule has 0 aromatic rings. The average Bonchev–Trinajstić information content (AvgIpc) is 2.00. The molecule has 0 saturated heterocycles. The van der Waals surface area contributed by atoms with Crippen molar-refractivity contribution in [2.24, 2.45) is 0 Å². The van der Waals surface area contributed by atoms with Gasteiger partial charge in [0.2, 0.25) is 0 Å². The minimum atomic E-state index is -4.18. The third-order valence-corrected chi connectivity index (χ3v) is 2.00. The molecule has 0 atom stereocenters. The predicted octanol–water partition coefficient (Wildman–Crippen LogP) is 1.32. The van der Waals surface area contributed by atoms with Crippen LogP contribution in [-0.4, -0.2) is 6.16 Å². The average molecular weight is 337 g/mol. The Morgan fingerprint density at radius 2 is 1.62 bits per heavy atom. The number of hydrogen-bond donors (Lipinski definition) is 0. The summed E-state index contributed by atoms with van der Waals surface area (Å²) in [5.74, 6) is 0. The van der Waals surface area contributed by atoms with Crippen molar-refractivity contribution in [3.8, 4) is 0 Å². The molecule has 0 aliphatic carbocycles. The van der Waals surface area contributed by atoms with Crippen LogP contribution >= 0.6 is 7.60 Å². The molecule has 0 unspecified atom stereocenters. The van der Waals surface area contributed by atoms with Crippen LogP contribution in [0.2, 0.25) is 0 Å². The second kappa shape index (κ2) is 13.5. The maximum Gasteiger partial charge on any atom is 3.00 e. The van der Waals surface area contributed by atoms with E-state index in [1.165, 1.54) is 6.42 Å². The summed E-state index contributed by atoms with van der Waals surface area (Å²) >= 11 is 0. The van der Waals surface area contributed by atoms with Crippen molar-refractivity contribution in [2.75, 3.05) is 6.16 Å². The van der Waals surface area contributed by atoms with Gasteiger partial charge in [0.25, 0.3) is 0 Å². The Labute approximate surface area is 114 Å². The Bertz CT molecular complexity index is 123. The molecule has 0 aromatic heterocycles. The molecule has 13 heavy (non-hydrogen) atoms. The van der Waals surface area contributed by atoms with Crippen LogP contribution in [0.15, 0.2) is 0 Å². The van der Waals surface area contributed by atoms with Gasteiger partial charge in [-0.2, -0.15) is 6.42 Å². The minimum absolute atomic E-state index is 0. The molecule has 1 radical (unpaired) electrons. The van der Waals surface area contributed by atoms with Gasteiger partial charge in [-0.25, -0.2) is 0 Å². The number of unbranched alkanes of at least 4 members (excludes halogenated alkanes) is 2. The van der Waals surface area contributed by atoms with Crippen molar-refractivity contribution in [3.63, 3.8) is 0 Å². The van der Waals surface area contributed by atoms with Gasteiger partial charge in [-0.05, 0) is 12.6 Å². The summed E-state index contributed by atoms with van der Waals surface area (Å²) in [6, 6.07) is 0. The van der Waals surface area contributed by atoms with E-state index in [9.17, 15) is 14.4 Å². The van der Waals surface area contributed by atoms with Crippen molar-refractivity contribution >= 4 is 7.60 Å². The first-order chi connectivity index (χ1) is 5.47. The molecule has 0 spiro atoms. The third-order valence-electron chi connectivity index (χ3n) is 1.14. The summed E-state index contributed by atoms with van der Waals surface area (Å²) in [5.41, 5.74) is 0. The van der Waals surface area contributed by atoms with E-state index in [0.29, 0.717) is 6.42 Å². The van der Waals surface area contributed by atoms with Gasteiger partial charge in [-0.3, -0.25) is 0 Å². The molecule has 0 bridgehead atoms. The normalized spacial score (nSPS) is 9.62. The first-order valence-electron chi connectivity index (χ1n) is 4.28. The van der Waals surface area contributed by atoms with Crippen molar-refractivity contribution < 1.29 is 55.2 Å². The number of rotatable bonds is 4. The van der Waals surface area contributed by atoms with E-state index in [1.54, 1.807) is 0 Å². The van der Waals surface area contributed by atoms with E-state index < -0.39 is 7.60 Å². The monoisotopic (exact) mass is 335 g/mol. The van der Waals surface area contributed by atoms with Crippen LogP contribution in [0.5, 0.6) is 0 Å². The molecular formula is C8H18NdO3P.